The number of hydrogen-bond donors (Lipinski definition) is 6. The molecule has 4 heterocycles. The second-order valence-electron chi connectivity index (χ2n) is 9.22. The fourth-order valence-corrected chi connectivity index (χ4v) is 4.82. The third-order valence-corrected chi connectivity index (χ3v) is 6.63. The van der Waals surface area contributed by atoms with Gasteiger partial charge in [-0.15, -0.1) is 0 Å². The summed E-state index contributed by atoms with van der Waals surface area (Å²) >= 11 is 0. The molecule has 1 aromatic carbocycles. The summed E-state index contributed by atoms with van der Waals surface area (Å²) in [5, 5.41) is 13.4. The predicted molar refractivity (Wildman–Crippen MR) is 135 cm³/mol. The van der Waals surface area contributed by atoms with Crippen LogP contribution in [0.5, 0.6) is 0 Å². The molecule has 12 nitrogen and oxygen atoms in total. The molecule has 0 spiro atoms. The maximum atomic E-state index is 13.8. The molecule has 3 aliphatic heterocycles. The van der Waals surface area contributed by atoms with Crippen LogP contribution in [0.1, 0.15) is 39.3 Å². The van der Waals surface area contributed by atoms with Crippen LogP contribution in [-0.2, 0) is 20.5 Å². The van der Waals surface area contributed by atoms with Gasteiger partial charge in [0.05, 0.1) is 30.9 Å². The molecule has 1 fully saturated rings. The number of carbonyl (C=O) groups is 2. The number of fused-ring (bicyclic) bond motifs is 2. The summed E-state index contributed by atoms with van der Waals surface area (Å²) in [6, 6.07) is 4.19. The highest BCUT2D eigenvalue weighted by Crippen LogP contribution is 2.35. The molecule has 3 aliphatic rings. The number of phosphoric acid groups is 1. The lowest BCUT2D eigenvalue weighted by Crippen LogP contribution is -2.50. The van der Waals surface area contributed by atoms with E-state index in [-0.39, 0.29) is 18.4 Å². The lowest BCUT2D eigenvalue weighted by atomic mass is 10.0. The zero-order valence-electron chi connectivity index (χ0n) is 20.7. The number of rotatable bonds is 4. The van der Waals surface area contributed by atoms with Gasteiger partial charge >= 0.3 is 7.82 Å². The molecule has 1 aromatic heterocycles. The van der Waals surface area contributed by atoms with Gasteiger partial charge in [-0.25, -0.2) is 8.96 Å². The normalized spacial score (nSPS) is 19.8. The van der Waals surface area contributed by atoms with Gasteiger partial charge in [-0.1, -0.05) is 0 Å². The van der Waals surface area contributed by atoms with E-state index in [1.807, 2.05) is 11.8 Å². The standard InChI is InChI=1S/C24H27FN4O4.H3O4P/c1-14-20(12-17-16-11-15(25)4-5-18(16)27-23(17)31)26-19-3-2-6-29(24(32)22(14)19)13-21(30)28-7-9-33-10-8-28;1-5(2,3)4/h4-5,11-12,21,26,30H,2-3,6-10,13H2,1H3,(H,27,31);(H3,1,2,3,4)/b17-12-;/t21-;/m0./s1. The fourth-order valence-electron chi connectivity index (χ4n) is 4.82. The summed E-state index contributed by atoms with van der Waals surface area (Å²) in [5.74, 6) is -0.850. The van der Waals surface area contributed by atoms with E-state index in [2.05, 4.69) is 10.3 Å². The number of β-amino-alcohol motifs (C(OH)–C–C–N with tert-alkyl or cyclic N) is 1. The molecule has 206 valence electrons. The Morgan fingerprint density at radius 1 is 1.18 bits per heavy atom. The average Bonchev–Trinajstić information content (AvgIpc) is 3.27. The number of ether oxygens (including phenoxy) is 1. The quantitative estimate of drug-likeness (QED) is 0.239. The van der Waals surface area contributed by atoms with Crippen molar-refractivity contribution < 1.29 is 43.1 Å². The number of nitrogens with one attached hydrogen (secondary N) is 2. The molecule has 2 aromatic rings. The molecule has 5 rings (SSSR count). The Labute approximate surface area is 218 Å². The molecule has 1 saturated heterocycles. The highest BCUT2D eigenvalue weighted by atomic mass is 31.2. The van der Waals surface area contributed by atoms with Crippen LogP contribution in [0.15, 0.2) is 18.2 Å². The predicted octanol–water partition coefficient (Wildman–Crippen LogP) is 1.07. The Kier molecular flexibility index (Phi) is 8.48. The Hall–Kier alpha value is -2.90. The zero-order valence-corrected chi connectivity index (χ0v) is 21.6. The Morgan fingerprint density at radius 2 is 1.87 bits per heavy atom. The first-order chi connectivity index (χ1) is 17.9. The fraction of sp³-hybridized carbons (Fsp3) is 0.417. The minimum Gasteiger partial charge on any atom is -0.379 e. The van der Waals surface area contributed by atoms with Gasteiger partial charge in [0.25, 0.3) is 11.8 Å². The van der Waals surface area contributed by atoms with Crippen molar-refractivity contribution in [3.8, 4) is 0 Å². The first-order valence-corrected chi connectivity index (χ1v) is 13.6. The monoisotopic (exact) mass is 552 g/mol. The second kappa shape index (κ2) is 11.5. The molecule has 1 atom stereocenters. The van der Waals surface area contributed by atoms with E-state index in [4.69, 9.17) is 24.0 Å². The van der Waals surface area contributed by atoms with E-state index in [1.165, 1.54) is 12.1 Å². The molecule has 38 heavy (non-hydrogen) atoms. The molecular formula is C24H30FN4O8P. The molecule has 6 N–H and O–H groups in total. The first kappa shape index (κ1) is 28.1. The Bertz CT molecular complexity index is 1290. The number of aliphatic hydroxyl groups is 1. The topological polar surface area (TPSA) is 176 Å². The minimum atomic E-state index is -4.64. The Morgan fingerprint density at radius 3 is 2.55 bits per heavy atom. The van der Waals surface area contributed by atoms with Gasteiger partial charge in [0.1, 0.15) is 12.0 Å². The van der Waals surface area contributed by atoms with Gasteiger partial charge in [-0.05, 0) is 49.6 Å². The van der Waals surface area contributed by atoms with Crippen LogP contribution < -0.4 is 5.32 Å². The number of halogens is 1. The molecule has 2 amide bonds. The van der Waals surface area contributed by atoms with Gasteiger partial charge in [0.15, 0.2) is 0 Å². The minimum absolute atomic E-state index is 0.129. The maximum Gasteiger partial charge on any atom is 0.466 e. The molecule has 0 bridgehead atoms. The number of aromatic nitrogens is 1. The summed E-state index contributed by atoms with van der Waals surface area (Å²) in [4.78, 5) is 54.5. The molecule has 0 aliphatic carbocycles. The van der Waals surface area contributed by atoms with Gasteiger partial charge in [0.2, 0.25) is 0 Å². The molecule has 0 unspecified atom stereocenters. The molecule has 14 heteroatoms. The summed E-state index contributed by atoms with van der Waals surface area (Å²) < 4.78 is 28.0. The van der Waals surface area contributed by atoms with Crippen molar-refractivity contribution in [1.82, 2.24) is 14.8 Å². The third-order valence-electron chi connectivity index (χ3n) is 6.63. The first-order valence-electron chi connectivity index (χ1n) is 12.0. The van der Waals surface area contributed by atoms with Crippen LogP contribution in [0.2, 0.25) is 0 Å². The number of aliphatic hydroxyl groups excluding tert-OH is 1. The van der Waals surface area contributed by atoms with Gasteiger partial charge in [-0.3, -0.25) is 14.5 Å². The Balaban J connectivity index is 0.000000617. The van der Waals surface area contributed by atoms with Crippen LogP contribution >= 0.6 is 7.82 Å². The SMILES string of the molecule is Cc1c(/C=C2\C(=O)Nc3ccc(F)cc32)[nH]c2c1C(=O)N(C[C@H](O)N1CCOCC1)CCC2.O=P(O)(O)O. The number of hydrogen-bond acceptors (Lipinski definition) is 6. The van der Waals surface area contributed by atoms with Crippen LogP contribution in [0.4, 0.5) is 10.1 Å². The third kappa shape index (κ3) is 6.56. The number of benzene rings is 1. The second-order valence-corrected chi connectivity index (χ2v) is 10.2. The zero-order chi connectivity index (χ0) is 27.6. The van der Waals surface area contributed by atoms with Gasteiger partial charge in [-0.2, -0.15) is 0 Å². The number of H-pyrrole nitrogens is 1. The molecular weight excluding hydrogens is 522 g/mol. The van der Waals surface area contributed by atoms with E-state index in [0.717, 1.165) is 17.7 Å². The van der Waals surface area contributed by atoms with Crippen LogP contribution in [-0.4, -0.2) is 92.0 Å². The number of carbonyl (C=O) groups excluding carboxylic acids is 2. The van der Waals surface area contributed by atoms with Crippen molar-refractivity contribution in [2.24, 2.45) is 0 Å². The van der Waals surface area contributed by atoms with Crippen molar-refractivity contribution in [2.45, 2.75) is 26.0 Å². The van der Waals surface area contributed by atoms with Crippen molar-refractivity contribution >= 4 is 37.0 Å². The van der Waals surface area contributed by atoms with E-state index in [9.17, 15) is 19.1 Å². The smallest absolute Gasteiger partial charge is 0.379 e. The van der Waals surface area contributed by atoms with E-state index in [1.54, 1.807) is 17.0 Å². The molecule has 0 radical (unpaired) electrons. The average molecular weight is 552 g/mol. The lowest BCUT2D eigenvalue weighted by Gasteiger charge is -2.34. The van der Waals surface area contributed by atoms with Gasteiger partial charge in [0, 0.05) is 42.3 Å². The van der Waals surface area contributed by atoms with E-state index in [0.29, 0.717) is 67.4 Å². The van der Waals surface area contributed by atoms with E-state index >= 15 is 0 Å². The summed E-state index contributed by atoms with van der Waals surface area (Å²) in [6.45, 7) is 5.07. The number of aromatic amines is 1. The van der Waals surface area contributed by atoms with Crippen molar-refractivity contribution in [3.63, 3.8) is 0 Å². The van der Waals surface area contributed by atoms with Crippen LogP contribution in [0, 0.1) is 12.7 Å². The van der Waals surface area contributed by atoms with Crippen LogP contribution in [0.25, 0.3) is 11.6 Å². The van der Waals surface area contributed by atoms with Crippen molar-refractivity contribution in [3.05, 3.63) is 52.1 Å². The highest BCUT2D eigenvalue weighted by Gasteiger charge is 2.31. The summed E-state index contributed by atoms with van der Waals surface area (Å²) in [5.41, 5.74) is 4.25. The van der Waals surface area contributed by atoms with Gasteiger partial charge < -0.3 is 39.7 Å². The van der Waals surface area contributed by atoms with Crippen molar-refractivity contribution in [2.75, 3.05) is 44.7 Å². The molecule has 0 saturated carbocycles. The number of anilines is 1. The van der Waals surface area contributed by atoms with E-state index < -0.39 is 19.9 Å². The number of morpholine rings is 1. The highest BCUT2D eigenvalue weighted by molar-refractivity contribution is 7.45. The largest absolute Gasteiger partial charge is 0.466 e. The number of aryl methyl sites for hydroxylation is 1. The maximum absolute atomic E-state index is 13.8. The summed E-state index contributed by atoms with van der Waals surface area (Å²) in [6.07, 6.45) is 2.39. The van der Waals surface area contributed by atoms with Crippen LogP contribution in [0.3, 0.4) is 0 Å². The lowest BCUT2D eigenvalue weighted by molar-refractivity contribution is -0.110. The number of nitrogens with zero attached hydrogens (tertiary/aromatic N) is 2. The number of amides is 2. The van der Waals surface area contributed by atoms with Crippen molar-refractivity contribution in [1.29, 1.82) is 0 Å². The summed E-state index contributed by atoms with van der Waals surface area (Å²) in [7, 11) is -4.64.